The monoisotopic (exact) mass is 424 g/mol. The Morgan fingerprint density at radius 3 is 1.28 bits per heavy atom. The highest BCUT2D eigenvalue weighted by molar-refractivity contribution is 5.58. The molecule has 0 aliphatic carbocycles. The number of hydrogen-bond acceptors (Lipinski definition) is 3. The van der Waals surface area contributed by atoms with E-state index in [4.69, 9.17) is 0 Å². The van der Waals surface area contributed by atoms with Crippen molar-refractivity contribution in [2.45, 2.75) is 31.6 Å². The Morgan fingerprint density at radius 2 is 0.844 bits per heavy atom. The minimum absolute atomic E-state index is 0.187. The first-order valence-corrected chi connectivity index (χ1v) is 10.7. The van der Waals surface area contributed by atoms with E-state index < -0.39 is 5.41 Å². The Bertz CT molecular complexity index is 1180. The first-order chi connectivity index (χ1) is 15.2. The van der Waals surface area contributed by atoms with Crippen LogP contribution in [0.2, 0.25) is 0 Å². The van der Waals surface area contributed by atoms with Crippen molar-refractivity contribution in [1.82, 2.24) is 0 Å². The molecule has 4 aromatic rings. The summed E-state index contributed by atoms with van der Waals surface area (Å²) in [6.45, 7) is 6.33. The van der Waals surface area contributed by atoms with Gasteiger partial charge in [0.2, 0.25) is 0 Å². The lowest BCUT2D eigenvalue weighted by Gasteiger charge is -2.34. The largest absolute Gasteiger partial charge is 0.508 e. The van der Waals surface area contributed by atoms with Gasteiger partial charge in [0.15, 0.2) is 0 Å². The standard InChI is InChI=1S/C29H28O3/c1-28(2,21-16-18-23(30)19-17-21)20-12-14-22(15-13-20)29(3,24-8-4-6-10-26(24)31)25-9-5-7-11-27(25)32/h4-19,30-32H,1-3H3. The lowest BCUT2D eigenvalue weighted by atomic mass is 9.69. The van der Waals surface area contributed by atoms with Gasteiger partial charge in [0.1, 0.15) is 17.2 Å². The van der Waals surface area contributed by atoms with Crippen LogP contribution in [0.5, 0.6) is 17.2 Å². The van der Waals surface area contributed by atoms with Gasteiger partial charge in [-0.25, -0.2) is 0 Å². The Morgan fingerprint density at radius 1 is 0.469 bits per heavy atom. The Labute approximate surface area is 189 Å². The molecule has 162 valence electrons. The Hall–Kier alpha value is -3.72. The molecule has 3 N–H and O–H groups in total. The fourth-order valence-corrected chi connectivity index (χ4v) is 4.51. The second-order valence-corrected chi connectivity index (χ2v) is 8.91. The number of benzene rings is 4. The Balaban J connectivity index is 1.84. The normalized spacial score (nSPS) is 12.0. The Kier molecular flexibility index (Phi) is 5.43. The van der Waals surface area contributed by atoms with E-state index in [1.54, 1.807) is 36.4 Å². The van der Waals surface area contributed by atoms with Crippen LogP contribution in [0.15, 0.2) is 97.1 Å². The van der Waals surface area contributed by atoms with Gasteiger partial charge in [-0.3, -0.25) is 0 Å². The number of phenolic OH excluding ortho intramolecular Hbond substituents is 3. The fraction of sp³-hybridized carbons (Fsp3) is 0.172. The maximum Gasteiger partial charge on any atom is 0.120 e. The molecular formula is C29H28O3. The fourth-order valence-electron chi connectivity index (χ4n) is 4.51. The first-order valence-electron chi connectivity index (χ1n) is 10.7. The molecule has 0 radical (unpaired) electrons. The van der Waals surface area contributed by atoms with Gasteiger partial charge in [0, 0.05) is 22.0 Å². The molecule has 0 aliphatic rings. The summed E-state index contributed by atoms with van der Waals surface area (Å²) >= 11 is 0. The molecule has 0 unspecified atom stereocenters. The van der Waals surface area contributed by atoms with Gasteiger partial charge in [-0.15, -0.1) is 0 Å². The molecular weight excluding hydrogens is 396 g/mol. The molecule has 0 saturated carbocycles. The quantitative estimate of drug-likeness (QED) is 0.321. The van der Waals surface area contributed by atoms with Crippen LogP contribution in [0.4, 0.5) is 0 Å². The highest BCUT2D eigenvalue weighted by Gasteiger charge is 2.36. The van der Waals surface area contributed by atoms with E-state index in [0.717, 1.165) is 27.8 Å². The van der Waals surface area contributed by atoms with E-state index in [1.807, 2.05) is 43.3 Å². The lowest BCUT2D eigenvalue weighted by molar-refractivity contribution is 0.442. The van der Waals surface area contributed by atoms with Gasteiger partial charge in [0.25, 0.3) is 0 Å². The predicted molar refractivity (Wildman–Crippen MR) is 128 cm³/mol. The van der Waals surface area contributed by atoms with Crippen LogP contribution in [-0.4, -0.2) is 15.3 Å². The SMILES string of the molecule is CC(C)(c1ccc(O)cc1)c1ccc(C(C)(c2ccccc2O)c2ccccc2O)cc1. The van der Waals surface area contributed by atoms with Crippen LogP contribution in [-0.2, 0) is 10.8 Å². The van der Waals surface area contributed by atoms with Gasteiger partial charge in [-0.05, 0) is 47.9 Å². The minimum Gasteiger partial charge on any atom is -0.508 e. The van der Waals surface area contributed by atoms with Crippen molar-refractivity contribution >= 4 is 0 Å². The summed E-state index contributed by atoms with van der Waals surface area (Å²) in [6, 6.07) is 30.2. The van der Waals surface area contributed by atoms with Crippen LogP contribution in [0.3, 0.4) is 0 Å². The molecule has 0 spiro atoms. The molecule has 32 heavy (non-hydrogen) atoms. The third kappa shape index (κ3) is 3.60. The minimum atomic E-state index is -0.752. The van der Waals surface area contributed by atoms with Crippen molar-refractivity contribution in [2.24, 2.45) is 0 Å². The number of aromatic hydroxyl groups is 3. The van der Waals surface area contributed by atoms with Crippen LogP contribution >= 0.6 is 0 Å². The first kappa shape index (κ1) is 21.5. The van der Waals surface area contributed by atoms with Gasteiger partial charge in [-0.1, -0.05) is 86.6 Å². The zero-order valence-electron chi connectivity index (χ0n) is 18.6. The van der Waals surface area contributed by atoms with Gasteiger partial charge in [0.05, 0.1) is 0 Å². The molecule has 0 bridgehead atoms. The maximum atomic E-state index is 10.7. The highest BCUT2D eigenvalue weighted by Crippen LogP contribution is 2.46. The van der Waals surface area contributed by atoms with Crippen LogP contribution in [0.1, 0.15) is 48.6 Å². The predicted octanol–water partition coefficient (Wildman–Crippen LogP) is 6.48. The van der Waals surface area contributed by atoms with Crippen LogP contribution in [0, 0.1) is 0 Å². The van der Waals surface area contributed by atoms with Crippen molar-refractivity contribution in [1.29, 1.82) is 0 Å². The molecule has 0 amide bonds. The molecule has 3 nitrogen and oxygen atoms in total. The van der Waals surface area contributed by atoms with E-state index >= 15 is 0 Å². The average molecular weight is 425 g/mol. The highest BCUT2D eigenvalue weighted by atomic mass is 16.3. The second-order valence-electron chi connectivity index (χ2n) is 8.91. The molecule has 0 fully saturated rings. The van der Waals surface area contributed by atoms with Crippen molar-refractivity contribution in [2.75, 3.05) is 0 Å². The summed E-state index contributed by atoms with van der Waals surface area (Å²) in [5.41, 5.74) is 3.64. The van der Waals surface area contributed by atoms with Crippen LogP contribution in [0.25, 0.3) is 0 Å². The molecule has 0 aromatic heterocycles. The molecule has 4 aromatic carbocycles. The summed E-state index contributed by atoms with van der Waals surface area (Å²) in [7, 11) is 0. The summed E-state index contributed by atoms with van der Waals surface area (Å²) in [6.07, 6.45) is 0. The third-order valence-corrected chi connectivity index (χ3v) is 6.66. The number of hydrogen-bond donors (Lipinski definition) is 3. The summed E-state index contributed by atoms with van der Waals surface area (Å²) in [5, 5.41) is 31.1. The van der Waals surface area contributed by atoms with Gasteiger partial charge < -0.3 is 15.3 Å². The molecule has 4 rings (SSSR count). The van der Waals surface area contributed by atoms with E-state index in [-0.39, 0.29) is 22.7 Å². The van der Waals surface area contributed by atoms with Crippen molar-refractivity contribution in [3.8, 4) is 17.2 Å². The second kappa shape index (κ2) is 8.08. The molecule has 3 heteroatoms. The summed E-state index contributed by atoms with van der Waals surface area (Å²) in [4.78, 5) is 0. The third-order valence-electron chi connectivity index (χ3n) is 6.66. The molecule has 0 atom stereocenters. The zero-order chi connectivity index (χ0) is 22.9. The average Bonchev–Trinajstić information content (AvgIpc) is 2.79. The van der Waals surface area contributed by atoms with Gasteiger partial charge in [-0.2, -0.15) is 0 Å². The number of para-hydroxylation sites is 2. The van der Waals surface area contributed by atoms with Crippen LogP contribution < -0.4 is 0 Å². The number of rotatable bonds is 5. The van der Waals surface area contributed by atoms with Crippen molar-refractivity contribution in [3.05, 3.63) is 125 Å². The topological polar surface area (TPSA) is 60.7 Å². The number of phenols is 3. The smallest absolute Gasteiger partial charge is 0.120 e. The molecule has 0 saturated heterocycles. The summed E-state index contributed by atoms with van der Waals surface area (Å²) in [5.74, 6) is 0.625. The van der Waals surface area contributed by atoms with Crippen molar-refractivity contribution in [3.63, 3.8) is 0 Å². The van der Waals surface area contributed by atoms with Crippen molar-refractivity contribution < 1.29 is 15.3 Å². The lowest BCUT2D eigenvalue weighted by Crippen LogP contribution is -2.26. The maximum absolute atomic E-state index is 10.7. The molecule has 0 heterocycles. The zero-order valence-corrected chi connectivity index (χ0v) is 18.6. The van der Waals surface area contributed by atoms with E-state index in [1.165, 1.54) is 0 Å². The van der Waals surface area contributed by atoms with E-state index in [0.29, 0.717) is 0 Å². The molecule has 0 aliphatic heterocycles. The van der Waals surface area contributed by atoms with Gasteiger partial charge >= 0.3 is 0 Å². The summed E-state index contributed by atoms with van der Waals surface area (Å²) < 4.78 is 0. The van der Waals surface area contributed by atoms with E-state index in [2.05, 4.69) is 38.1 Å². The van der Waals surface area contributed by atoms with E-state index in [9.17, 15) is 15.3 Å².